The Morgan fingerprint density at radius 1 is 1.19 bits per heavy atom. The van der Waals surface area contributed by atoms with Gasteiger partial charge in [0.25, 0.3) is 0 Å². The molecule has 0 saturated carbocycles. The van der Waals surface area contributed by atoms with Crippen molar-refractivity contribution in [2.24, 2.45) is 5.73 Å². The van der Waals surface area contributed by atoms with E-state index in [-0.39, 0.29) is 18.3 Å². The molecule has 9 heteroatoms. The summed E-state index contributed by atoms with van der Waals surface area (Å²) < 4.78 is 29.2. The second-order valence-corrected chi connectivity index (χ2v) is 14.4. The third-order valence-corrected chi connectivity index (χ3v) is 15.3. The molecule has 1 fully saturated rings. The normalized spacial score (nSPS) is 27.3. The summed E-state index contributed by atoms with van der Waals surface area (Å²) in [5, 5.41) is 3.35. The van der Waals surface area contributed by atoms with Gasteiger partial charge in [-0.05, 0) is 25.8 Å². The van der Waals surface area contributed by atoms with Gasteiger partial charge in [0.05, 0.1) is 12.3 Å². The third kappa shape index (κ3) is 3.74. The first-order valence-electron chi connectivity index (χ1n) is 7.34. The van der Waals surface area contributed by atoms with E-state index in [0.29, 0.717) is 0 Å². The van der Waals surface area contributed by atoms with Crippen LogP contribution in [0, 0.1) is 0 Å². The maximum Gasteiger partial charge on any atom is 0.539 e. The van der Waals surface area contributed by atoms with E-state index >= 15 is 0 Å². The molecule has 0 radical (unpaired) electrons. The molecule has 21 heavy (non-hydrogen) atoms. The predicted octanol–water partition coefficient (Wildman–Crippen LogP) is 0.493. The van der Waals surface area contributed by atoms with Crippen molar-refractivity contribution >= 4 is 16.4 Å². The first-order chi connectivity index (χ1) is 9.94. The van der Waals surface area contributed by atoms with E-state index in [2.05, 4.69) is 12.2 Å². The van der Waals surface area contributed by atoms with Crippen LogP contribution in [0.2, 0.25) is 6.04 Å². The zero-order valence-corrected chi connectivity index (χ0v) is 16.0. The van der Waals surface area contributed by atoms with Crippen molar-refractivity contribution < 1.29 is 22.1 Å². The summed E-state index contributed by atoms with van der Waals surface area (Å²) in [6.45, 7) is 4.03. The Hall–Kier alpha value is 0.154. The second-order valence-electron chi connectivity index (χ2n) is 5.29. The number of nitrogens with one attached hydrogen (secondary N) is 1. The summed E-state index contributed by atoms with van der Waals surface area (Å²) in [5.41, 5.74) is 5.86. The van der Waals surface area contributed by atoms with E-state index in [1.54, 1.807) is 28.4 Å². The molecule has 1 aliphatic rings. The molecule has 0 spiro atoms. The Morgan fingerprint density at radius 3 is 2.14 bits per heavy atom. The fourth-order valence-corrected chi connectivity index (χ4v) is 12.6. The molecule has 0 aromatic rings. The molecule has 0 aliphatic carbocycles. The van der Waals surface area contributed by atoms with E-state index < -0.39 is 16.4 Å². The van der Waals surface area contributed by atoms with Gasteiger partial charge in [-0.2, -0.15) is 0 Å². The average molecular weight is 339 g/mol. The molecule has 0 bridgehead atoms. The molecule has 7 nitrogen and oxygen atoms in total. The molecule has 3 N–H and O–H groups in total. The Bertz CT molecular complexity index is 314. The topological polar surface area (TPSA) is 84.2 Å². The molecule has 0 aromatic carbocycles. The summed E-state index contributed by atoms with van der Waals surface area (Å²) in [7, 11) is 0.890. The smallest absolute Gasteiger partial charge is 0.395 e. The van der Waals surface area contributed by atoms with Crippen LogP contribution in [-0.4, -0.2) is 63.2 Å². The molecule has 1 heterocycles. The quantitative estimate of drug-likeness (QED) is 0.492. The van der Waals surface area contributed by atoms with Gasteiger partial charge in [-0.15, -0.1) is 0 Å². The lowest BCUT2D eigenvalue weighted by Crippen LogP contribution is -2.75. The molecule has 0 amide bonds. The first kappa shape index (κ1) is 19.2. The zero-order valence-electron chi connectivity index (χ0n) is 14.0. The zero-order chi connectivity index (χ0) is 16.1. The highest BCUT2D eigenvalue weighted by Gasteiger charge is 2.70. The molecule has 3 unspecified atom stereocenters. The maximum atomic E-state index is 6.31. The van der Waals surface area contributed by atoms with E-state index in [1.807, 2.05) is 6.92 Å². The van der Waals surface area contributed by atoms with Crippen molar-refractivity contribution in [1.29, 1.82) is 0 Å². The van der Waals surface area contributed by atoms with Crippen molar-refractivity contribution in [3.63, 3.8) is 0 Å². The van der Waals surface area contributed by atoms with Crippen LogP contribution in [0.15, 0.2) is 0 Å². The van der Waals surface area contributed by atoms with Gasteiger partial charge < -0.3 is 27.9 Å². The Morgan fingerprint density at radius 2 is 1.76 bits per heavy atom. The van der Waals surface area contributed by atoms with Gasteiger partial charge in [0.15, 0.2) is 0 Å². The lowest BCUT2D eigenvalue weighted by atomic mass is 10.1. The lowest BCUT2D eigenvalue weighted by Gasteiger charge is -2.47. The highest BCUT2D eigenvalue weighted by molar-refractivity contribution is 7.29. The summed E-state index contributed by atoms with van der Waals surface area (Å²) in [6.07, 6.45) is 1.65. The summed E-state index contributed by atoms with van der Waals surface area (Å²) in [5.74, 6) is 0. The monoisotopic (exact) mass is 338 g/mol. The predicted molar refractivity (Wildman–Crippen MR) is 84.7 cm³/mol. The van der Waals surface area contributed by atoms with Crippen LogP contribution in [0.1, 0.15) is 26.7 Å². The largest absolute Gasteiger partial charge is 0.539 e. The van der Waals surface area contributed by atoms with Crippen LogP contribution in [0.25, 0.3) is 0 Å². The molecule has 1 saturated heterocycles. The summed E-state index contributed by atoms with van der Waals surface area (Å²) in [4.78, 5) is 0. The number of rotatable bonds is 8. The minimum Gasteiger partial charge on any atom is -0.395 e. The van der Waals surface area contributed by atoms with Crippen LogP contribution in [0.4, 0.5) is 0 Å². The molecule has 0 aromatic heterocycles. The van der Waals surface area contributed by atoms with Gasteiger partial charge in [-0.3, -0.25) is 5.32 Å². The Labute approximate surface area is 129 Å². The minimum absolute atomic E-state index is 0.0153. The number of hydrogen-bond donors (Lipinski definition) is 2. The van der Waals surface area contributed by atoms with Crippen LogP contribution < -0.4 is 11.1 Å². The molecule has 1 rings (SSSR count). The van der Waals surface area contributed by atoms with E-state index in [4.69, 9.17) is 27.9 Å². The van der Waals surface area contributed by atoms with Crippen LogP contribution >= 0.6 is 0 Å². The molecule has 1 aliphatic heterocycles. The molecule has 3 atom stereocenters. The van der Waals surface area contributed by atoms with Crippen molar-refractivity contribution in [2.45, 2.75) is 51.0 Å². The van der Waals surface area contributed by atoms with Crippen LogP contribution in [0.5, 0.6) is 0 Å². The van der Waals surface area contributed by atoms with Crippen LogP contribution in [-0.2, 0) is 22.1 Å². The Balaban J connectivity index is 2.98. The number of nitrogens with two attached hydrogens (primary N) is 1. The lowest BCUT2D eigenvalue weighted by molar-refractivity contribution is 0.0200. The highest BCUT2D eigenvalue weighted by Crippen LogP contribution is 2.36. The summed E-state index contributed by atoms with van der Waals surface area (Å²) >= 11 is 0. The average Bonchev–Trinajstić information content (AvgIpc) is 2.51. The molecule has 126 valence electrons. The van der Waals surface area contributed by atoms with Crippen molar-refractivity contribution in [2.75, 3.05) is 28.4 Å². The van der Waals surface area contributed by atoms with Gasteiger partial charge in [0.2, 0.25) is 0 Å². The summed E-state index contributed by atoms with van der Waals surface area (Å²) in [6, 6.07) is 0.943. The van der Waals surface area contributed by atoms with Crippen LogP contribution in [0.3, 0.4) is 0 Å². The van der Waals surface area contributed by atoms with Gasteiger partial charge >= 0.3 is 16.4 Å². The Kier molecular flexibility index (Phi) is 7.44. The molecular formula is C12H30N2O5Si2. The van der Waals surface area contributed by atoms with Crippen molar-refractivity contribution in [1.82, 2.24) is 5.32 Å². The van der Waals surface area contributed by atoms with Crippen molar-refractivity contribution in [3.05, 3.63) is 0 Å². The molecular weight excluding hydrogens is 308 g/mol. The maximum absolute atomic E-state index is 6.31. The standard InChI is InChI=1S/C12H30N2O5Si2/c1-7-11(14-10(2)13)12-8-9-20(15-3,16-4)21(17-5,18-6)19-12/h10-12,14H,7-9,13H2,1-6H3. The third-order valence-electron chi connectivity index (χ3n) is 4.09. The fraction of sp³-hybridized carbons (Fsp3) is 1.00. The minimum atomic E-state index is -2.99. The van der Waals surface area contributed by atoms with E-state index in [9.17, 15) is 0 Å². The second kappa shape index (κ2) is 8.13. The van der Waals surface area contributed by atoms with Gasteiger partial charge in [0, 0.05) is 34.5 Å². The van der Waals surface area contributed by atoms with Gasteiger partial charge in [-0.1, -0.05) is 6.92 Å². The number of hydrogen-bond acceptors (Lipinski definition) is 7. The first-order valence-corrected chi connectivity index (χ1v) is 12.1. The van der Waals surface area contributed by atoms with E-state index in [1.165, 1.54) is 0 Å². The van der Waals surface area contributed by atoms with E-state index in [0.717, 1.165) is 18.9 Å². The van der Waals surface area contributed by atoms with Gasteiger partial charge in [0.1, 0.15) is 0 Å². The van der Waals surface area contributed by atoms with Gasteiger partial charge in [-0.25, -0.2) is 0 Å². The fourth-order valence-electron chi connectivity index (χ4n) is 2.97. The SMILES string of the molecule is CCC(NC(C)N)C1CC[Si](OC)(OC)[Si](OC)(OC)O1. The highest BCUT2D eigenvalue weighted by atomic mass is 29.3. The van der Waals surface area contributed by atoms with Crippen molar-refractivity contribution in [3.8, 4) is 0 Å².